The second-order valence-corrected chi connectivity index (χ2v) is 6.44. The van der Waals surface area contributed by atoms with Crippen molar-refractivity contribution in [2.45, 2.75) is 50.5 Å². The van der Waals surface area contributed by atoms with Gasteiger partial charge in [-0.15, -0.1) is 0 Å². The Hall–Kier alpha value is -1.20. The van der Waals surface area contributed by atoms with Gasteiger partial charge in [-0.1, -0.05) is 0 Å². The van der Waals surface area contributed by atoms with Crippen molar-refractivity contribution in [1.82, 2.24) is 14.9 Å². The first-order valence-corrected chi connectivity index (χ1v) is 8.35. The summed E-state index contributed by atoms with van der Waals surface area (Å²) in [5.41, 5.74) is 6.99. The second-order valence-electron chi connectivity index (χ2n) is 6.44. The molecule has 1 saturated heterocycles. The highest BCUT2D eigenvalue weighted by molar-refractivity contribution is 5.36. The summed E-state index contributed by atoms with van der Waals surface area (Å²) in [6, 6.07) is 2.46. The van der Waals surface area contributed by atoms with Gasteiger partial charge in [-0.3, -0.25) is 0 Å². The number of aromatic nitrogens is 2. The SMILES string of the molecule is NC1CC(c2cc(NCCCCN3CCCC3)ncn2)C1. The molecule has 0 radical (unpaired) electrons. The zero-order valence-corrected chi connectivity index (χ0v) is 12.8. The molecule has 1 aromatic rings. The first kappa shape index (κ1) is 14.7. The Morgan fingerprint density at radius 2 is 2.00 bits per heavy atom. The quantitative estimate of drug-likeness (QED) is 0.751. The second kappa shape index (κ2) is 7.18. The van der Waals surface area contributed by atoms with Crippen molar-refractivity contribution in [2.75, 3.05) is 31.5 Å². The summed E-state index contributed by atoms with van der Waals surface area (Å²) < 4.78 is 0. The smallest absolute Gasteiger partial charge is 0.129 e. The fraction of sp³-hybridized carbons (Fsp3) is 0.750. The highest BCUT2D eigenvalue weighted by atomic mass is 15.1. The highest BCUT2D eigenvalue weighted by Crippen LogP contribution is 2.34. The minimum Gasteiger partial charge on any atom is -0.370 e. The Morgan fingerprint density at radius 1 is 1.19 bits per heavy atom. The molecule has 2 aliphatic rings. The van der Waals surface area contributed by atoms with Crippen molar-refractivity contribution in [1.29, 1.82) is 0 Å². The molecule has 5 heteroatoms. The lowest BCUT2D eigenvalue weighted by Gasteiger charge is -2.31. The standard InChI is InChI=1S/C16H27N5/c17-14-9-13(10-14)15-11-16(20-12-19-15)18-5-1-2-6-21-7-3-4-8-21/h11-14H,1-10,17H2,(H,18,19,20). The Kier molecular flexibility index (Phi) is 5.04. The van der Waals surface area contributed by atoms with Gasteiger partial charge in [0.2, 0.25) is 0 Å². The van der Waals surface area contributed by atoms with Crippen molar-refractivity contribution >= 4 is 5.82 Å². The van der Waals surface area contributed by atoms with E-state index in [1.54, 1.807) is 6.33 Å². The molecule has 1 aromatic heterocycles. The maximum absolute atomic E-state index is 5.85. The van der Waals surface area contributed by atoms with Crippen LogP contribution in [0, 0.1) is 0 Å². The number of nitrogens with two attached hydrogens (primary N) is 1. The van der Waals surface area contributed by atoms with E-state index >= 15 is 0 Å². The molecule has 2 heterocycles. The third kappa shape index (κ3) is 4.14. The van der Waals surface area contributed by atoms with Gasteiger partial charge in [0.1, 0.15) is 12.1 Å². The Morgan fingerprint density at radius 3 is 2.76 bits per heavy atom. The van der Waals surface area contributed by atoms with Gasteiger partial charge in [-0.05, 0) is 58.2 Å². The van der Waals surface area contributed by atoms with Gasteiger partial charge in [0.05, 0.1) is 0 Å². The van der Waals surface area contributed by atoms with E-state index in [0.29, 0.717) is 12.0 Å². The molecule has 3 N–H and O–H groups in total. The average Bonchev–Trinajstić information content (AvgIpc) is 2.97. The summed E-state index contributed by atoms with van der Waals surface area (Å²) in [6.45, 7) is 4.84. The summed E-state index contributed by atoms with van der Waals surface area (Å²) in [5.74, 6) is 1.50. The molecule has 3 rings (SSSR count). The van der Waals surface area contributed by atoms with E-state index in [4.69, 9.17) is 5.73 Å². The van der Waals surface area contributed by atoms with E-state index in [1.165, 1.54) is 45.3 Å². The minimum atomic E-state index is 0.368. The summed E-state index contributed by atoms with van der Waals surface area (Å²) in [6.07, 6.45) is 9.02. The number of likely N-dealkylation sites (tertiary alicyclic amines) is 1. The zero-order chi connectivity index (χ0) is 14.5. The fourth-order valence-electron chi connectivity index (χ4n) is 3.28. The molecule has 116 valence electrons. The summed E-state index contributed by atoms with van der Waals surface area (Å²) in [7, 11) is 0. The van der Waals surface area contributed by atoms with Crippen LogP contribution in [0.1, 0.15) is 50.1 Å². The van der Waals surface area contributed by atoms with Gasteiger partial charge in [0.15, 0.2) is 0 Å². The van der Waals surface area contributed by atoms with Crippen LogP contribution in [-0.2, 0) is 0 Å². The van der Waals surface area contributed by atoms with Crippen molar-refractivity contribution in [3.05, 3.63) is 18.1 Å². The van der Waals surface area contributed by atoms with Gasteiger partial charge >= 0.3 is 0 Å². The van der Waals surface area contributed by atoms with Crippen LogP contribution in [0.25, 0.3) is 0 Å². The van der Waals surface area contributed by atoms with Crippen LogP contribution in [0.5, 0.6) is 0 Å². The van der Waals surface area contributed by atoms with Crippen LogP contribution >= 0.6 is 0 Å². The Bertz CT molecular complexity index is 438. The van der Waals surface area contributed by atoms with Crippen LogP contribution in [0.4, 0.5) is 5.82 Å². The number of nitrogens with one attached hydrogen (secondary N) is 1. The molecule has 5 nitrogen and oxygen atoms in total. The minimum absolute atomic E-state index is 0.368. The number of unbranched alkanes of at least 4 members (excludes halogenated alkanes) is 1. The molecule has 1 saturated carbocycles. The molecule has 2 fully saturated rings. The van der Waals surface area contributed by atoms with E-state index in [9.17, 15) is 0 Å². The fourth-order valence-corrected chi connectivity index (χ4v) is 3.28. The van der Waals surface area contributed by atoms with Gasteiger partial charge < -0.3 is 16.0 Å². The van der Waals surface area contributed by atoms with E-state index in [-0.39, 0.29) is 0 Å². The number of nitrogens with zero attached hydrogens (tertiary/aromatic N) is 3. The third-order valence-electron chi connectivity index (χ3n) is 4.69. The van der Waals surface area contributed by atoms with E-state index in [1.807, 2.05) is 0 Å². The van der Waals surface area contributed by atoms with E-state index < -0.39 is 0 Å². The van der Waals surface area contributed by atoms with Gasteiger partial charge in [0, 0.05) is 30.3 Å². The number of rotatable bonds is 7. The van der Waals surface area contributed by atoms with Gasteiger partial charge in [-0.2, -0.15) is 0 Å². The van der Waals surface area contributed by atoms with Crippen molar-refractivity contribution in [2.24, 2.45) is 5.73 Å². The topological polar surface area (TPSA) is 67.1 Å². The van der Waals surface area contributed by atoms with Crippen molar-refractivity contribution < 1.29 is 0 Å². The van der Waals surface area contributed by atoms with Crippen molar-refractivity contribution in [3.63, 3.8) is 0 Å². The predicted molar refractivity (Wildman–Crippen MR) is 85.4 cm³/mol. The molecule has 21 heavy (non-hydrogen) atoms. The highest BCUT2D eigenvalue weighted by Gasteiger charge is 2.28. The zero-order valence-electron chi connectivity index (χ0n) is 12.8. The molecule has 1 aliphatic heterocycles. The number of hydrogen-bond donors (Lipinski definition) is 2. The number of hydrogen-bond acceptors (Lipinski definition) is 5. The van der Waals surface area contributed by atoms with E-state index in [2.05, 4.69) is 26.3 Å². The van der Waals surface area contributed by atoms with E-state index in [0.717, 1.165) is 30.9 Å². The normalized spacial score (nSPS) is 25.8. The molecule has 0 unspecified atom stereocenters. The van der Waals surface area contributed by atoms with Crippen LogP contribution in [0.3, 0.4) is 0 Å². The molecular formula is C16H27N5. The molecule has 0 atom stereocenters. The third-order valence-corrected chi connectivity index (χ3v) is 4.69. The Labute approximate surface area is 127 Å². The van der Waals surface area contributed by atoms with Gasteiger partial charge in [0.25, 0.3) is 0 Å². The number of anilines is 1. The first-order chi connectivity index (χ1) is 10.3. The maximum Gasteiger partial charge on any atom is 0.129 e. The molecule has 0 amide bonds. The monoisotopic (exact) mass is 289 g/mol. The lowest BCUT2D eigenvalue weighted by atomic mass is 9.79. The van der Waals surface area contributed by atoms with Gasteiger partial charge in [-0.25, -0.2) is 9.97 Å². The summed E-state index contributed by atoms with van der Waals surface area (Å²) in [4.78, 5) is 11.3. The Balaban J connectivity index is 1.35. The molecule has 0 spiro atoms. The predicted octanol–water partition coefficient (Wildman–Crippen LogP) is 1.97. The first-order valence-electron chi connectivity index (χ1n) is 8.35. The van der Waals surface area contributed by atoms with Crippen molar-refractivity contribution in [3.8, 4) is 0 Å². The average molecular weight is 289 g/mol. The molecule has 1 aliphatic carbocycles. The van der Waals surface area contributed by atoms with Crippen LogP contribution < -0.4 is 11.1 Å². The summed E-state index contributed by atoms with van der Waals surface area (Å²) >= 11 is 0. The molecule has 0 bridgehead atoms. The lowest BCUT2D eigenvalue weighted by molar-refractivity contribution is 0.331. The maximum atomic E-state index is 5.85. The van der Waals surface area contributed by atoms with Crippen LogP contribution in [0.2, 0.25) is 0 Å². The molecule has 0 aromatic carbocycles. The lowest BCUT2D eigenvalue weighted by Crippen LogP contribution is -2.35. The molecular weight excluding hydrogens is 262 g/mol. The largest absolute Gasteiger partial charge is 0.370 e. The van der Waals surface area contributed by atoms with Crippen LogP contribution in [0.15, 0.2) is 12.4 Å². The van der Waals surface area contributed by atoms with Crippen LogP contribution in [-0.4, -0.2) is 47.1 Å². The summed E-state index contributed by atoms with van der Waals surface area (Å²) in [5, 5.41) is 3.42.